The van der Waals surface area contributed by atoms with Crippen LogP contribution in [-0.2, 0) is 66.0 Å². The van der Waals surface area contributed by atoms with Gasteiger partial charge in [0, 0.05) is 84.6 Å². The Morgan fingerprint density at radius 3 is 2.08 bits per heavy atom. The molecule has 0 aliphatic carbocycles. The highest BCUT2D eigenvalue weighted by atomic mass is 33.1. The van der Waals surface area contributed by atoms with Crippen LogP contribution in [0.25, 0.3) is 0 Å². The molecule has 0 aromatic heterocycles. The molecule has 0 bridgehead atoms. The minimum absolute atomic E-state index is 0.00359. The monoisotopic (exact) mass is 1220 g/mol. The summed E-state index contributed by atoms with van der Waals surface area (Å²) in [6, 6.07) is 29.4. The van der Waals surface area contributed by atoms with Gasteiger partial charge in [-0.05, 0) is 154 Å². The Morgan fingerprint density at radius 1 is 0.762 bits per heavy atom. The third-order valence-corrected chi connectivity index (χ3v) is 22.4. The lowest BCUT2D eigenvalue weighted by molar-refractivity contribution is -0.138. The van der Waals surface area contributed by atoms with Crippen LogP contribution in [-0.4, -0.2) is 122 Å². The van der Waals surface area contributed by atoms with E-state index in [1.54, 1.807) is 19.4 Å². The summed E-state index contributed by atoms with van der Waals surface area (Å²) in [4.78, 5) is 87.8. The van der Waals surface area contributed by atoms with Gasteiger partial charge in [-0.1, -0.05) is 58.0 Å². The number of ketones is 1. The molecule has 1 N–H and O–H groups in total. The molecule has 5 aromatic carbocycles. The summed E-state index contributed by atoms with van der Waals surface area (Å²) in [6.07, 6.45) is 5.56. The number of carbonyl (C=O) groups excluding carboxylic acids is 6. The quantitative estimate of drug-likeness (QED) is 0.0265. The van der Waals surface area contributed by atoms with Gasteiger partial charge in [0.05, 0.1) is 36.8 Å². The number of amides is 5. The zero-order chi connectivity index (χ0) is 59.6. The molecule has 5 heterocycles. The van der Waals surface area contributed by atoms with E-state index in [-0.39, 0.29) is 93.5 Å². The number of fused-ring (bicyclic) bond motifs is 8. The fraction of sp³-hybridized carbons (Fsp3) is 0.429. The Labute approximate surface area is 503 Å². The van der Waals surface area contributed by atoms with Gasteiger partial charge in [-0.25, -0.2) is 0 Å². The number of methoxy groups -OCH3 is 1. The van der Waals surface area contributed by atoms with E-state index in [0.717, 1.165) is 76.2 Å². The third-order valence-electron chi connectivity index (χ3n) is 16.4. The highest BCUT2D eigenvalue weighted by Gasteiger charge is 2.42. The van der Waals surface area contributed by atoms with E-state index in [1.807, 2.05) is 110 Å². The number of ether oxygens (including phenoxy) is 3. The van der Waals surface area contributed by atoms with Crippen LogP contribution < -0.4 is 34.2 Å². The van der Waals surface area contributed by atoms with Crippen LogP contribution in [0.3, 0.4) is 0 Å². The van der Waals surface area contributed by atoms with E-state index in [9.17, 15) is 37.2 Å². The summed E-state index contributed by atoms with van der Waals surface area (Å²) in [5, 5.41) is 1.26. The number of benzene rings is 5. The lowest BCUT2D eigenvalue weighted by atomic mass is 9.99. The highest BCUT2D eigenvalue weighted by Crippen LogP contribution is 2.44. The number of hydrogen-bond donors (Lipinski definition) is 1. The molecular formula is C63H71N5O12S4. The molecule has 5 aromatic rings. The molecule has 2 unspecified atom stereocenters. The lowest BCUT2D eigenvalue weighted by Gasteiger charge is -2.25. The first-order chi connectivity index (χ1) is 40.3. The maximum absolute atomic E-state index is 14.3. The van der Waals surface area contributed by atoms with Gasteiger partial charge in [0.1, 0.15) is 24.2 Å². The summed E-state index contributed by atoms with van der Waals surface area (Å²) in [5.74, 6) is 0.370. The Kier molecular flexibility index (Phi) is 18.5. The SMILES string of the molecule is COc1cc2c(cc1OCc1cc(COc3cc4c(cc3C)C(=O)N3c5ccccc5C[C@H]3CN4C)cc(NC(=O)CCC(C)(C)SSCCC(C(=O)CCCN3C(=O)CC(SC)C3=O)S(=O)(=O)OC)c1)CC[C@@H]1Cc3ccccc3N1C2=O. The van der Waals surface area contributed by atoms with E-state index in [2.05, 4.69) is 22.3 Å². The van der Waals surface area contributed by atoms with Crippen LogP contribution in [0.2, 0.25) is 0 Å². The van der Waals surface area contributed by atoms with Gasteiger partial charge in [0.15, 0.2) is 17.3 Å². The van der Waals surface area contributed by atoms with E-state index in [0.29, 0.717) is 59.2 Å². The van der Waals surface area contributed by atoms with Crippen LogP contribution in [0.15, 0.2) is 91.0 Å². The number of likely N-dealkylation sites (tertiary alicyclic amines) is 1. The third kappa shape index (κ3) is 13.0. The maximum Gasteiger partial charge on any atom is 0.277 e. The molecule has 1 saturated heterocycles. The average Bonchev–Trinajstić information content (AvgIpc) is 3.57. The number of aryl methyl sites for hydroxylation is 2. The summed E-state index contributed by atoms with van der Waals surface area (Å²) in [7, 11) is 3.27. The smallest absolute Gasteiger partial charge is 0.277 e. The van der Waals surface area contributed by atoms with Crippen LogP contribution in [0, 0.1) is 6.92 Å². The number of rotatable bonds is 24. The van der Waals surface area contributed by atoms with Crippen molar-refractivity contribution >= 4 is 102 Å². The van der Waals surface area contributed by atoms with Crippen LogP contribution in [0.5, 0.6) is 17.2 Å². The summed E-state index contributed by atoms with van der Waals surface area (Å²) in [6.45, 7) is 6.83. The first kappa shape index (κ1) is 60.6. The first-order valence-corrected chi connectivity index (χ1v) is 33.4. The molecule has 0 radical (unpaired) electrons. The fourth-order valence-electron chi connectivity index (χ4n) is 12.0. The van der Waals surface area contributed by atoms with Crippen molar-refractivity contribution in [1.29, 1.82) is 0 Å². The Bertz CT molecular complexity index is 3520. The topological polar surface area (TPSA) is 198 Å². The molecule has 4 atom stereocenters. The van der Waals surface area contributed by atoms with Crippen molar-refractivity contribution in [1.82, 2.24) is 4.90 Å². The number of likely N-dealkylation sites (N-methyl/N-ethyl adjacent to an activating group) is 1. The zero-order valence-corrected chi connectivity index (χ0v) is 51.7. The highest BCUT2D eigenvalue weighted by molar-refractivity contribution is 8.77. The molecule has 5 aliphatic rings. The summed E-state index contributed by atoms with van der Waals surface area (Å²) in [5.41, 5.74) is 9.91. The molecule has 5 aliphatic heterocycles. The molecule has 1 fully saturated rings. The van der Waals surface area contributed by atoms with Crippen molar-refractivity contribution in [2.75, 3.05) is 66.4 Å². The molecule has 5 amide bonds. The van der Waals surface area contributed by atoms with Crippen molar-refractivity contribution in [3.63, 3.8) is 0 Å². The Hall–Kier alpha value is -6.52. The number of Topliss-reactive ketones (excluding diaryl/α,β-unsaturated/α-hetero) is 1. The van der Waals surface area contributed by atoms with Gasteiger partial charge in [0.25, 0.3) is 21.9 Å². The normalized spacial score (nSPS) is 18.5. The zero-order valence-electron chi connectivity index (χ0n) is 48.4. The minimum Gasteiger partial charge on any atom is -0.493 e. The van der Waals surface area contributed by atoms with Crippen molar-refractivity contribution in [3.8, 4) is 17.2 Å². The van der Waals surface area contributed by atoms with Crippen molar-refractivity contribution < 1.29 is 55.6 Å². The van der Waals surface area contributed by atoms with E-state index in [1.165, 1.54) is 38.9 Å². The molecule has 84 heavy (non-hydrogen) atoms. The molecule has 0 saturated carbocycles. The lowest BCUT2D eigenvalue weighted by Crippen LogP contribution is -2.41. The minimum atomic E-state index is -4.22. The molecule has 21 heteroatoms. The number of para-hydroxylation sites is 2. The van der Waals surface area contributed by atoms with Crippen LogP contribution in [0.4, 0.5) is 22.7 Å². The van der Waals surface area contributed by atoms with Gasteiger partial charge in [0.2, 0.25) is 17.7 Å². The predicted molar refractivity (Wildman–Crippen MR) is 332 cm³/mol. The Morgan fingerprint density at radius 2 is 1.42 bits per heavy atom. The van der Waals surface area contributed by atoms with E-state index < -0.39 is 31.1 Å². The van der Waals surface area contributed by atoms with Crippen LogP contribution >= 0.6 is 33.3 Å². The largest absolute Gasteiger partial charge is 0.493 e. The van der Waals surface area contributed by atoms with Crippen molar-refractivity contribution in [2.24, 2.45) is 0 Å². The van der Waals surface area contributed by atoms with E-state index in [4.69, 9.17) is 18.4 Å². The van der Waals surface area contributed by atoms with Gasteiger partial charge < -0.3 is 34.2 Å². The predicted octanol–water partition coefficient (Wildman–Crippen LogP) is 10.2. The first-order valence-electron chi connectivity index (χ1n) is 28.3. The number of hydrogen-bond acceptors (Lipinski definition) is 16. The second-order valence-electron chi connectivity index (χ2n) is 22.7. The van der Waals surface area contributed by atoms with Crippen molar-refractivity contribution in [2.45, 2.75) is 126 Å². The second-order valence-corrected chi connectivity index (χ2v) is 28.7. The molecule has 444 valence electrons. The molecule has 0 spiro atoms. The van der Waals surface area contributed by atoms with Crippen LogP contribution in [0.1, 0.15) is 113 Å². The molecule has 10 rings (SSSR count). The number of nitrogens with zero attached hydrogens (tertiary/aromatic N) is 4. The second kappa shape index (κ2) is 25.6. The number of thioether (sulfide) groups is 1. The van der Waals surface area contributed by atoms with Gasteiger partial charge in [-0.2, -0.15) is 20.2 Å². The van der Waals surface area contributed by atoms with E-state index >= 15 is 0 Å². The fourth-order valence-corrected chi connectivity index (χ4v) is 16.6. The summed E-state index contributed by atoms with van der Waals surface area (Å²) >= 11 is 1.30. The summed E-state index contributed by atoms with van der Waals surface area (Å²) < 4.78 is 49.3. The molecular weight excluding hydrogens is 1150 g/mol. The molecule has 17 nitrogen and oxygen atoms in total. The number of nitrogens with one attached hydrogen (secondary N) is 1. The number of imide groups is 1. The average molecular weight is 1220 g/mol. The Balaban J connectivity index is 0.812. The van der Waals surface area contributed by atoms with Gasteiger partial charge in [-0.3, -0.25) is 37.9 Å². The van der Waals surface area contributed by atoms with Gasteiger partial charge >= 0.3 is 0 Å². The van der Waals surface area contributed by atoms with Crippen molar-refractivity contribution in [3.05, 3.63) is 136 Å². The standard InChI is InChI=1S/C63H71N5O12S4/c1-38-25-48-51(65(4)35-46-30-43-14-9-11-16-50(43)68(46)61(48)73)33-53(38)79-36-39-26-40(37-80-55-31-41-18-19-45-29-42-13-8-10-15-49(42)67(45)60(72)47(41)32-54(55)77-5)28-44(27-39)64-58(70)20-22-63(2,3)83-82-24-21-57(84(75,76)78-6)52(69)17-12-23-66-59(71)34-56(81-7)62(66)74/h8-11,13-16,25-28,31-33,45-46,56-57H,12,17-24,29-30,34-37H2,1-7H3,(H,64,70)/t45-,46+,56?,57?/m1/s1. The number of carbonyl (C=O) groups is 6. The van der Waals surface area contributed by atoms with Gasteiger partial charge in [-0.15, -0.1) is 0 Å². The maximum atomic E-state index is 14.3. The number of anilines is 4.